The molecular weight excluding hydrogens is 194 g/mol. The van der Waals surface area contributed by atoms with Crippen molar-refractivity contribution >= 4 is 6.09 Å². The van der Waals surface area contributed by atoms with E-state index in [9.17, 15) is 4.79 Å². The number of methoxy groups -OCH3 is 1. The third kappa shape index (κ3) is 2.03. The Balaban J connectivity index is 2.24. The quantitative estimate of drug-likeness (QED) is 0.805. The van der Waals surface area contributed by atoms with Crippen LogP contribution in [0.3, 0.4) is 0 Å². The van der Waals surface area contributed by atoms with Crippen molar-refractivity contribution < 1.29 is 14.3 Å². The molecule has 1 aliphatic rings. The molecule has 1 heterocycles. The number of hydrogen-bond acceptors (Lipinski definition) is 3. The van der Waals surface area contributed by atoms with Crippen LogP contribution in [-0.2, 0) is 4.74 Å². The number of benzene rings is 1. The summed E-state index contributed by atoms with van der Waals surface area (Å²) < 4.78 is 10.4. The van der Waals surface area contributed by atoms with E-state index in [1.807, 2.05) is 24.3 Å². The summed E-state index contributed by atoms with van der Waals surface area (Å²) in [6.45, 7) is 0.640. The summed E-state index contributed by atoms with van der Waals surface area (Å²) in [5.74, 6) is 0.761. The minimum atomic E-state index is -0.364. The summed E-state index contributed by atoms with van der Waals surface area (Å²) in [6.07, 6.45) is 0.207. The van der Waals surface area contributed by atoms with Crippen molar-refractivity contribution in [1.29, 1.82) is 0 Å². The van der Waals surface area contributed by atoms with E-state index in [-0.39, 0.29) is 12.2 Å². The maximum Gasteiger partial charge on any atom is 0.407 e. The number of carbonyl (C=O) groups excluding carboxylic acids is 1. The molecule has 1 atom stereocenters. The normalized spacial score (nSPS) is 20.3. The minimum absolute atomic E-state index is 0.199. The Morgan fingerprint density at radius 1 is 1.47 bits per heavy atom. The molecule has 1 aromatic carbocycles. The number of nitrogens with one attached hydrogen (secondary N) is 1. The van der Waals surface area contributed by atoms with Crippen LogP contribution in [0.1, 0.15) is 18.1 Å². The van der Waals surface area contributed by atoms with Gasteiger partial charge in [-0.15, -0.1) is 0 Å². The highest BCUT2D eigenvalue weighted by atomic mass is 16.6. The fourth-order valence-electron chi connectivity index (χ4n) is 1.69. The second-order valence-electron chi connectivity index (χ2n) is 3.35. The van der Waals surface area contributed by atoms with Gasteiger partial charge in [-0.2, -0.15) is 0 Å². The molecule has 0 spiro atoms. The van der Waals surface area contributed by atoms with Crippen LogP contribution in [0.15, 0.2) is 24.3 Å². The molecule has 1 fully saturated rings. The molecule has 0 bridgehead atoms. The number of amides is 1. The molecule has 80 valence electrons. The van der Waals surface area contributed by atoms with E-state index in [2.05, 4.69) is 5.32 Å². The standard InChI is InChI=1S/C11H13NO3/c1-14-9-5-3-2-4-8(9)10-6-7-12-11(13)15-10/h2-5,10H,6-7H2,1H3,(H,12,13). The first-order valence-corrected chi connectivity index (χ1v) is 4.88. The molecule has 15 heavy (non-hydrogen) atoms. The van der Waals surface area contributed by atoms with Crippen LogP contribution in [0.5, 0.6) is 5.75 Å². The predicted octanol–water partition coefficient (Wildman–Crippen LogP) is 1.87. The van der Waals surface area contributed by atoms with Gasteiger partial charge in [0.1, 0.15) is 11.9 Å². The van der Waals surface area contributed by atoms with Crippen LogP contribution in [0.25, 0.3) is 0 Å². The molecule has 0 aliphatic carbocycles. The van der Waals surface area contributed by atoms with Gasteiger partial charge in [-0.25, -0.2) is 4.79 Å². The summed E-state index contributed by atoms with van der Waals surface area (Å²) in [7, 11) is 1.61. The van der Waals surface area contributed by atoms with Crippen molar-refractivity contribution in [2.24, 2.45) is 0 Å². The minimum Gasteiger partial charge on any atom is -0.496 e. The van der Waals surface area contributed by atoms with Gasteiger partial charge in [0.2, 0.25) is 0 Å². The van der Waals surface area contributed by atoms with Crippen LogP contribution >= 0.6 is 0 Å². The van der Waals surface area contributed by atoms with Gasteiger partial charge in [0.25, 0.3) is 0 Å². The zero-order valence-electron chi connectivity index (χ0n) is 8.53. The Bertz CT molecular complexity index is 365. The highest BCUT2D eigenvalue weighted by Gasteiger charge is 2.23. The molecule has 1 amide bonds. The summed E-state index contributed by atoms with van der Waals surface area (Å²) >= 11 is 0. The second-order valence-corrected chi connectivity index (χ2v) is 3.35. The first kappa shape index (κ1) is 9.83. The Morgan fingerprint density at radius 2 is 2.27 bits per heavy atom. The van der Waals surface area contributed by atoms with Crippen LogP contribution in [0, 0.1) is 0 Å². The van der Waals surface area contributed by atoms with Crippen molar-refractivity contribution in [3.63, 3.8) is 0 Å². The van der Waals surface area contributed by atoms with Gasteiger partial charge in [-0.1, -0.05) is 18.2 Å². The van der Waals surface area contributed by atoms with Crippen LogP contribution in [-0.4, -0.2) is 19.7 Å². The Hall–Kier alpha value is -1.71. The van der Waals surface area contributed by atoms with Crippen molar-refractivity contribution in [2.45, 2.75) is 12.5 Å². The SMILES string of the molecule is COc1ccccc1C1CCNC(=O)O1. The molecule has 2 rings (SSSR count). The molecule has 1 saturated heterocycles. The largest absolute Gasteiger partial charge is 0.496 e. The molecule has 4 nitrogen and oxygen atoms in total. The van der Waals surface area contributed by atoms with Crippen molar-refractivity contribution in [2.75, 3.05) is 13.7 Å². The predicted molar refractivity (Wildman–Crippen MR) is 54.8 cm³/mol. The maximum atomic E-state index is 11.1. The number of cyclic esters (lactones) is 1. The number of hydrogen-bond donors (Lipinski definition) is 1. The Morgan fingerprint density at radius 3 is 3.00 bits per heavy atom. The first-order valence-electron chi connectivity index (χ1n) is 4.88. The lowest BCUT2D eigenvalue weighted by atomic mass is 10.0. The summed E-state index contributed by atoms with van der Waals surface area (Å²) in [4.78, 5) is 11.1. The van der Waals surface area contributed by atoms with E-state index < -0.39 is 0 Å². The van der Waals surface area contributed by atoms with E-state index in [1.165, 1.54) is 0 Å². The molecule has 0 saturated carbocycles. The fraction of sp³-hybridized carbons (Fsp3) is 0.364. The van der Waals surface area contributed by atoms with E-state index in [4.69, 9.17) is 9.47 Å². The molecule has 4 heteroatoms. The average molecular weight is 207 g/mol. The number of para-hydroxylation sites is 1. The van der Waals surface area contributed by atoms with Crippen molar-refractivity contribution in [3.05, 3.63) is 29.8 Å². The van der Waals surface area contributed by atoms with Crippen molar-refractivity contribution in [3.8, 4) is 5.75 Å². The zero-order chi connectivity index (χ0) is 10.7. The van der Waals surface area contributed by atoms with Gasteiger partial charge in [-0.05, 0) is 6.07 Å². The van der Waals surface area contributed by atoms with E-state index >= 15 is 0 Å². The topological polar surface area (TPSA) is 47.6 Å². The Labute approximate surface area is 88.2 Å². The summed E-state index contributed by atoms with van der Waals surface area (Å²) in [6, 6.07) is 7.59. The summed E-state index contributed by atoms with van der Waals surface area (Å²) in [5, 5.41) is 2.62. The number of alkyl carbamates (subject to hydrolysis) is 1. The lowest BCUT2D eigenvalue weighted by Crippen LogP contribution is -2.33. The number of rotatable bonds is 2. The van der Waals surface area contributed by atoms with Gasteiger partial charge in [-0.3, -0.25) is 0 Å². The molecule has 1 unspecified atom stereocenters. The molecule has 0 radical (unpaired) electrons. The fourth-order valence-corrected chi connectivity index (χ4v) is 1.69. The third-order valence-corrected chi connectivity index (χ3v) is 2.41. The van der Waals surface area contributed by atoms with Gasteiger partial charge < -0.3 is 14.8 Å². The highest BCUT2D eigenvalue weighted by molar-refractivity contribution is 5.68. The van der Waals surface area contributed by atoms with E-state index in [1.54, 1.807) is 7.11 Å². The lowest BCUT2D eigenvalue weighted by Gasteiger charge is -2.24. The molecule has 1 aliphatic heterocycles. The molecule has 1 N–H and O–H groups in total. The lowest BCUT2D eigenvalue weighted by molar-refractivity contribution is 0.0725. The number of ether oxygens (including phenoxy) is 2. The van der Waals surface area contributed by atoms with Crippen LogP contribution < -0.4 is 10.1 Å². The third-order valence-electron chi connectivity index (χ3n) is 2.41. The zero-order valence-corrected chi connectivity index (χ0v) is 8.53. The van der Waals surface area contributed by atoms with E-state index in [0.29, 0.717) is 6.54 Å². The summed E-state index contributed by atoms with van der Waals surface area (Å²) in [5.41, 5.74) is 0.926. The van der Waals surface area contributed by atoms with Gasteiger partial charge in [0.15, 0.2) is 0 Å². The Kier molecular flexibility index (Phi) is 2.76. The second kappa shape index (κ2) is 4.21. The molecular formula is C11H13NO3. The monoisotopic (exact) mass is 207 g/mol. The maximum absolute atomic E-state index is 11.1. The first-order chi connectivity index (χ1) is 7.31. The molecule has 1 aromatic rings. The van der Waals surface area contributed by atoms with Gasteiger partial charge in [0, 0.05) is 18.5 Å². The average Bonchev–Trinajstić information content (AvgIpc) is 2.29. The van der Waals surface area contributed by atoms with Crippen molar-refractivity contribution in [1.82, 2.24) is 5.32 Å². The van der Waals surface area contributed by atoms with Crippen LogP contribution in [0.4, 0.5) is 4.79 Å². The molecule has 0 aromatic heterocycles. The highest BCUT2D eigenvalue weighted by Crippen LogP contribution is 2.30. The smallest absolute Gasteiger partial charge is 0.407 e. The number of carbonyl (C=O) groups is 1. The van der Waals surface area contributed by atoms with E-state index in [0.717, 1.165) is 17.7 Å². The van der Waals surface area contributed by atoms with Crippen LogP contribution in [0.2, 0.25) is 0 Å². The van der Waals surface area contributed by atoms with Gasteiger partial charge in [0.05, 0.1) is 7.11 Å². The van der Waals surface area contributed by atoms with Gasteiger partial charge >= 0.3 is 6.09 Å².